The van der Waals surface area contributed by atoms with E-state index in [2.05, 4.69) is 24.3 Å². The molecule has 1 fully saturated rings. The Bertz CT molecular complexity index is 1120. The van der Waals surface area contributed by atoms with E-state index >= 15 is 0 Å². The van der Waals surface area contributed by atoms with Crippen LogP contribution in [0.3, 0.4) is 0 Å². The van der Waals surface area contributed by atoms with Crippen molar-refractivity contribution in [2.45, 2.75) is 30.7 Å². The first-order valence-electron chi connectivity index (χ1n) is 9.22. The number of rotatable bonds is 3. The number of aliphatic hydroxyl groups is 4. The molecule has 1 saturated heterocycles. The molecular formula is C22H20O6. The van der Waals surface area contributed by atoms with E-state index in [1.165, 1.54) is 0 Å². The van der Waals surface area contributed by atoms with Crippen molar-refractivity contribution in [2.24, 2.45) is 0 Å². The molecule has 0 bridgehead atoms. The van der Waals surface area contributed by atoms with Gasteiger partial charge in [0.25, 0.3) is 0 Å². The molecule has 6 heteroatoms. The minimum atomic E-state index is -1.48. The van der Waals surface area contributed by atoms with Gasteiger partial charge in [-0.2, -0.15) is 0 Å². The third kappa shape index (κ3) is 2.54. The van der Waals surface area contributed by atoms with Gasteiger partial charge in [0, 0.05) is 10.8 Å². The highest BCUT2D eigenvalue weighted by Crippen LogP contribution is 2.39. The summed E-state index contributed by atoms with van der Waals surface area (Å²) in [5, 5.41) is 46.0. The van der Waals surface area contributed by atoms with Crippen molar-refractivity contribution in [3.8, 4) is 5.75 Å². The highest BCUT2D eigenvalue weighted by Gasteiger charge is 2.44. The monoisotopic (exact) mass is 380 g/mol. The fraction of sp³-hybridized carbons (Fsp3) is 0.273. The number of ether oxygens (including phenoxy) is 2. The van der Waals surface area contributed by atoms with Gasteiger partial charge in [0.2, 0.25) is 6.29 Å². The van der Waals surface area contributed by atoms with Crippen molar-refractivity contribution in [3.63, 3.8) is 0 Å². The Hall–Kier alpha value is -2.48. The SMILES string of the molecule is OC[C@H]1O[C@H](Oc2ccc3ccc4cccc5ccc2c3c45)[C@H](O)[C@@H](O)[C@H]1O. The summed E-state index contributed by atoms with van der Waals surface area (Å²) in [6.07, 6.45) is -6.56. The van der Waals surface area contributed by atoms with E-state index in [-0.39, 0.29) is 0 Å². The van der Waals surface area contributed by atoms with Crippen molar-refractivity contribution in [2.75, 3.05) is 6.61 Å². The summed E-state index contributed by atoms with van der Waals surface area (Å²) in [7, 11) is 0. The van der Waals surface area contributed by atoms with E-state index < -0.39 is 37.3 Å². The molecule has 6 nitrogen and oxygen atoms in total. The zero-order chi connectivity index (χ0) is 19.4. The van der Waals surface area contributed by atoms with Gasteiger partial charge in [0.15, 0.2) is 0 Å². The number of aliphatic hydroxyl groups excluding tert-OH is 4. The van der Waals surface area contributed by atoms with Gasteiger partial charge in [-0.15, -0.1) is 0 Å². The van der Waals surface area contributed by atoms with Crippen LogP contribution >= 0.6 is 0 Å². The van der Waals surface area contributed by atoms with Crippen LogP contribution in [0.2, 0.25) is 0 Å². The lowest BCUT2D eigenvalue weighted by Crippen LogP contribution is -2.60. The molecule has 1 aliphatic heterocycles. The van der Waals surface area contributed by atoms with Crippen LogP contribution in [-0.4, -0.2) is 57.7 Å². The van der Waals surface area contributed by atoms with Crippen LogP contribution in [0.1, 0.15) is 0 Å². The molecule has 0 aliphatic carbocycles. The fourth-order valence-electron chi connectivity index (χ4n) is 4.10. The zero-order valence-corrected chi connectivity index (χ0v) is 14.9. The van der Waals surface area contributed by atoms with Gasteiger partial charge in [-0.1, -0.05) is 42.5 Å². The molecule has 0 spiro atoms. The molecule has 0 unspecified atom stereocenters. The summed E-state index contributed by atoms with van der Waals surface area (Å²) in [6, 6.07) is 18.0. The van der Waals surface area contributed by atoms with E-state index in [9.17, 15) is 20.4 Å². The summed E-state index contributed by atoms with van der Waals surface area (Å²) in [5.74, 6) is 0.495. The maximum atomic E-state index is 10.3. The Kier molecular flexibility index (Phi) is 4.12. The molecule has 0 radical (unpaired) electrons. The largest absolute Gasteiger partial charge is 0.461 e. The van der Waals surface area contributed by atoms with E-state index in [4.69, 9.17) is 9.47 Å². The Labute approximate surface area is 160 Å². The van der Waals surface area contributed by atoms with Crippen LogP contribution in [0.15, 0.2) is 54.6 Å². The van der Waals surface area contributed by atoms with Crippen molar-refractivity contribution in [1.82, 2.24) is 0 Å². The second-order valence-corrected chi connectivity index (χ2v) is 7.23. The van der Waals surface area contributed by atoms with Crippen LogP contribution in [0.25, 0.3) is 32.3 Å². The van der Waals surface area contributed by atoms with Crippen LogP contribution < -0.4 is 4.74 Å². The summed E-state index contributed by atoms with van der Waals surface area (Å²) in [5.41, 5.74) is 0. The van der Waals surface area contributed by atoms with Crippen molar-refractivity contribution < 1.29 is 29.9 Å². The predicted octanol–water partition coefficient (Wildman–Crippen LogP) is 1.76. The first-order valence-corrected chi connectivity index (χ1v) is 9.22. The lowest BCUT2D eigenvalue weighted by atomic mass is 9.94. The first kappa shape index (κ1) is 17.6. The van der Waals surface area contributed by atoms with Crippen molar-refractivity contribution in [3.05, 3.63) is 54.6 Å². The molecule has 4 aromatic rings. The Morgan fingerprint density at radius 3 is 2.11 bits per heavy atom. The van der Waals surface area contributed by atoms with Gasteiger partial charge in [-0.05, 0) is 33.7 Å². The third-order valence-corrected chi connectivity index (χ3v) is 5.58. The van der Waals surface area contributed by atoms with E-state index in [1.807, 2.05) is 24.3 Å². The van der Waals surface area contributed by atoms with Crippen LogP contribution in [0.5, 0.6) is 5.75 Å². The van der Waals surface area contributed by atoms with Gasteiger partial charge in [-0.25, -0.2) is 0 Å². The van der Waals surface area contributed by atoms with Crippen LogP contribution in [0.4, 0.5) is 0 Å². The second kappa shape index (κ2) is 6.55. The predicted molar refractivity (Wildman–Crippen MR) is 105 cm³/mol. The molecule has 4 aromatic carbocycles. The third-order valence-electron chi connectivity index (χ3n) is 5.58. The molecule has 0 amide bonds. The average molecular weight is 380 g/mol. The Morgan fingerprint density at radius 1 is 0.750 bits per heavy atom. The van der Waals surface area contributed by atoms with Gasteiger partial charge >= 0.3 is 0 Å². The standard InChI is InChI=1S/C22H20O6/c23-10-16-19(24)20(25)21(26)22(28-16)27-15-9-7-13-5-4-11-2-1-3-12-6-8-14(15)18(13)17(11)12/h1-9,16,19-26H,10H2/t16-,19+,20+,21-,22+/m1/s1. The van der Waals surface area contributed by atoms with E-state index in [0.29, 0.717) is 5.75 Å². The summed E-state index contributed by atoms with van der Waals surface area (Å²) in [6.45, 7) is -0.497. The van der Waals surface area contributed by atoms with Crippen LogP contribution in [0, 0.1) is 0 Å². The average Bonchev–Trinajstić information content (AvgIpc) is 2.73. The summed E-state index contributed by atoms with van der Waals surface area (Å²) >= 11 is 0. The maximum Gasteiger partial charge on any atom is 0.229 e. The van der Waals surface area contributed by atoms with E-state index in [1.54, 1.807) is 6.07 Å². The van der Waals surface area contributed by atoms with Gasteiger partial charge in [0.1, 0.15) is 30.2 Å². The summed E-state index contributed by atoms with van der Waals surface area (Å²) < 4.78 is 11.4. The minimum Gasteiger partial charge on any atom is -0.461 e. The first-order chi connectivity index (χ1) is 13.6. The number of hydrogen-bond donors (Lipinski definition) is 4. The molecule has 0 saturated carbocycles. The highest BCUT2D eigenvalue weighted by molar-refractivity contribution is 6.24. The normalized spacial score (nSPS) is 28.4. The number of hydrogen-bond acceptors (Lipinski definition) is 6. The molecule has 5 atom stereocenters. The Morgan fingerprint density at radius 2 is 1.39 bits per heavy atom. The second-order valence-electron chi connectivity index (χ2n) is 7.23. The molecule has 4 N–H and O–H groups in total. The van der Waals surface area contributed by atoms with Crippen LogP contribution in [-0.2, 0) is 4.74 Å². The fourth-order valence-corrected chi connectivity index (χ4v) is 4.10. The highest BCUT2D eigenvalue weighted by atomic mass is 16.7. The molecule has 1 heterocycles. The topological polar surface area (TPSA) is 99.4 Å². The Balaban J connectivity index is 1.61. The van der Waals surface area contributed by atoms with Crippen molar-refractivity contribution in [1.29, 1.82) is 0 Å². The zero-order valence-electron chi connectivity index (χ0n) is 14.9. The van der Waals surface area contributed by atoms with Gasteiger partial charge in [0.05, 0.1) is 6.61 Å². The molecule has 144 valence electrons. The van der Waals surface area contributed by atoms with Crippen molar-refractivity contribution >= 4 is 32.3 Å². The number of benzene rings is 4. The molecule has 28 heavy (non-hydrogen) atoms. The smallest absolute Gasteiger partial charge is 0.229 e. The lowest BCUT2D eigenvalue weighted by molar-refractivity contribution is -0.277. The molecule has 1 aliphatic rings. The van der Waals surface area contributed by atoms with Gasteiger partial charge < -0.3 is 29.9 Å². The quantitative estimate of drug-likeness (QED) is 0.404. The molecular weight excluding hydrogens is 360 g/mol. The summed E-state index contributed by atoms with van der Waals surface area (Å²) in [4.78, 5) is 0. The van der Waals surface area contributed by atoms with E-state index in [0.717, 1.165) is 32.3 Å². The molecule has 0 aromatic heterocycles. The minimum absolute atomic E-state index is 0.495. The lowest BCUT2D eigenvalue weighted by Gasteiger charge is -2.39. The maximum absolute atomic E-state index is 10.3. The molecule has 5 rings (SSSR count). The van der Waals surface area contributed by atoms with Gasteiger partial charge in [-0.3, -0.25) is 0 Å².